The van der Waals surface area contributed by atoms with Crippen LogP contribution in [0.4, 0.5) is 22.0 Å². The van der Waals surface area contributed by atoms with Crippen molar-refractivity contribution < 1.29 is 26.7 Å². The van der Waals surface area contributed by atoms with Gasteiger partial charge in [-0.3, -0.25) is 0 Å². The molecule has 15 heavy (non-hydrogen) atoms. The van der Waals surface area contributed by atoms with E-state index >= 15 is 0 Å². The van der Waals surface area contributed by atoms with E-state index in [2.05, 4.69) is 10.8 Å². The molecule has 0 atom stereocenters. The van der Waals surface area contributed by atoms with Gasteiger partial charge in [-0.15, -0.1) is 0 Å². The fraction of sp³-hybridized carbons (Fsp3) is 0.333. The maximum absolute atomic E-state index is 12.6. The van der Waals surface area contributed by atoms with Gasteiger partial charge in [-0.2, -0.15) is 22.0 Å². The van der Waals surface area contributed by atoms with Crippen LogP contribution in [0.1, 0.15) is 6.42 Å². The van der Waals surface area contributed by atoms with Crippen LogP contribution >= 0.6 is 0 Å². The summed E-state index contributed by atoms with van der Waals surface area (Å²) in [5, 5.41) is 0. The Bertz CT molecular complexity index is 306. The lowest BCUT2D eigenvalue weighted by atomic mass is 10.3. The van der Waals surface area contributed by atoms with Crippen molar-refractivity contribution in [3.8, 4) is 5.75 Å². The highest BCUT2D eigenvalue weighted by Gasteiger charge is 2.45. The van der Waals surface area contributed by atoms with Crippen molar-refractivity contribution in [1.29, 1.82) is 0 Å². The number of alkyl halides is 5. The SMILES string of the molecule is FC(F)(F)CC(F)(F)Oc1c[c]ccc1. The first kappa shape index (κ1) is 11.7. The van der Waals surface area contributed by atoms with Gasteiger partial charge in [-0.25, -0.2) is 0 Å². The third-order valence-electron chi connectivity index (χ3n) is 1.35. The Balaban J connectivity index is 2.65. The molecule has 0 N–H and O–H groups in total. The van der Waals surface area contributed by atoms with Crippen LogP contribution in [0.3, 0.4) is 0 Å². The Morgan fingerprint density at radius 2 is 1.87 bits per heavy atom. The van der Waals surface area contributed by atoms with Crippen LogP contribution in [-0.2, 0) is 0 Å². The van der Waals surface area contributed by atoms with E-state index in [0.717, 1.165) is 12.1 Å². The molecule has 0 bridgehead atoms. The molecule has 0 saturated carbocycles. The van der Waals surface area contributed by atoms with Crippen molar-refractivity contribution in [2.75, 3.05) is 0 Å². The third-order valence-corrected chi connectivity index (χ3v) is 1.35. The molecule has 0 aliphatic carbocycles. The van der Waals surface area contributed by atoms with E-state index in [4.69, 9.17) is 0 Å². The van der Waals surface area contributed by atoms with Crippen LogP contribution in [0.15, 0.2) is 24.3 Å². The van der Waals surface area contributed by atoms with Gasteiger partial charge < -0.3 is 4.74 Å². The van der Waals surface area contributed by atoms with Crippen LogP contribution in [0, 0.1) is 6.07 Å². The molecule has 1 rings (SSSR count). The van der Waals surface area contributed by atoms with Gasteiger partial charge in [-0.05, 0) is 18.2 Å². The molecule has 0 aliphatic heterocycles. The summed E-state index contributed by atoms with van der Waals surface area (Å²) in [6, 6.07) is 7.31. The predicted molar refractivity (Wildman–Crippen MR) is 41.5 cm³/mol. The molecule has 0 spiro atoms. The molecule has 0 fully saturated rings. The predicted octanol–water partition coefficient (Wildman–Crippen LogP) is 3.41. The van der Waals surface area contributed by atoms with Gasteiger partial charge in [0, 0.05) is 0 Å². The highest BCUT2D eigenvalue weighted by Crippen LogP contribution is 2.33. The largest absolute Gasteiger partial charge is 0.432 e. The molecular formula is C9H6F5O. The first-order valence-corrected chi connectivity index (χ1v) is 3.88. The Morgan fingerprint density at radius 1 is 1.20 bits per heavy atom. The van der Waals surface area contributed by atoms with E-state index in [1.165, 1.54) is 12.1 Å². The number of ether oxygens (including phenoxy) is 1. The number of halogens is 5. The van der Waals surface area contributed by atoms with Crippen LogP contribution in [0.2, 0.25) is 0 Å². The summed E-state index contributed by atoms with van der Waals surface area (Å²) in [5.74, 6) is -0.355. The zero-order valence-electron chi connectivity index (χ0n) is 7.31. The Labute approximate surface area is 82.5 Å². The van der Waals surface area contributed by atoms with Gasteiger partial charge in [0.2, 0.25) is 0 Å². The molecule has 83 valence electrons. The summed E-state index contributed by atoms with van der Waals surface area (Å²) >= 11 is 0. The summed E-state index contributed by atoms with van der Waals surface area (Å²) in [5.41, 5.74) is 0. The molecule has 1 nitrogen and oxygen atoms in total. The van der Waals surface area contributed by atoms with Crippen molar-refractivity contribution in [3.05, 3.63) is 30.3 Å². The summed E-state index contributed by atoms with van der Waals surface area (Å²) in [7, 11) is 0. The van der Waals surface area contributed by atoms with Gasteiger partial charge in [0.25, 0.3) is 0 Å². The topological polar surface area (TPSA) is 9.23 Å². The molecule has 1 aromatic rings. The van der Waals surface area contributed by atoms with Crippen LogP contribution in [0.5, 0.6) is 5.75 Å². The standard InChI is InChI=1S/C9H6F5O/c10-8(11,12)6-9(13,14)15-7-4-2-1-3-5-7/h1-2,4-5H,6H2. The minimum atomic E-state index is -4.97. The van der Waals surface area contributed by atoms with E-state index in [0.29, 0.717) is 0 Å². The first-order valence-electron chi connectivity index (χ1n) is 3.88. The molecule has 0 heterocycles. The number of hydrogen-bond donors (Lipinski definition) is 0. The van der Waals surface area contributed by atoms with Gasteiger partial charge >= 0.3 is 12.3 Å². The first-order chi connectivity index (χ1) is 6.79. The molecule has 1 aromatic carbocycles. The van der Waals surface area contributed by atoms with Crippen molar-refractivity contribution >= 4 is 0 Å². The summed E-state index contributed by atoms with van der Waals surface area (Å²) < 4.78 is 64.3. The molecule has 0 amide bonds. The fourth-order valence-corrected chi connectivity index (χ4v) is 0.882. The number of rotatable bonds is 3. The van der Waals surface area contributed by atoms with Crippen molar-refractivity contribution in [3.63, 3.8) is 0 Å². The van der Waals surface area contributed by atoms with Crippen molar-refractivity contribution in [2.45, 2.75) is 18.7 Å². The lowest BCUT2D eigenvalue weighted by molar-refractivity contribution is -0.255. The van der Waals surface area contributed by atoms with E-state index < -0.39 is 18.7 Å². The molecule has 0 aliphatic rings. The maximum Gasteiger partial charge on any atom is 0.406 e. The van der Waals surface area contributed by atoms with Crippen LogP contribution < -0.4 is 4.74 Å². The molecule has 0 aromatic heterocycles. The van der Waals surface area contributed by atoms with Crippen LogP contribution in [0.25, 0.3) is 0 Å². The van der Waals surface area contributed by atoms with E-state index in [9.17, 15) is 22.0 Å². The summed E-state index contributed by atoms with van der Waals surface area (Å²) in [6.45, 7) is 0. The smallest absolute Gasteiger partial charge is 0.406 e. The number of benzene rings is 1. The normalized spacial score (nSPS) is 12.6. The van der Waals surface area contributed by atoms with Gasteiger partial charge in [-0.1, -0.05) is 12.1 Å². The Hall–Kier alpha value is -1.33. The minimum Gasteiger partial charge on any atom is -0.432 e. The van der Waals surface area contributed by atoms with Crippen LogP contribution in [-0.4, -0.2) is 12.3 Å². The molecular weight excluding hydrogens is 219 g/mol. The lowest BCUT2D eigenvalue weighted by Gasteiger charge is -2.19. The molecule has 0 unspecified atom stereocenters. The average Bonchev–Trinajstić information content (AvgIpc) is 1.99. The quantitative estimate of drug-likeness (QED) is 0.716. The van der Waals surface area contributed by atoms with E-state index in [1.54, 1.807) is 0 Å². The van der Waals surface area contributed by atoms with Gasteiger partial charge in [0.1, 0.15) is 12.2 Å². The van der Waals surface area contributed by atoms with Crippen molar-refractivity contribution in [1.82, 2.24) is 0 Å². The second-order valence-electron chi connectivity index (χ2n) is 2.77. The Kier molecular flexibility index (Phi) is 3.16. The number of hydrogen-bond acceptors (Lipinski definition) is 1. The van der Waals surface area contributed by atoms with E-state index in [1.807, 2.05) is 0 Å². The minimum absolute atomic E-state index is 0.355. The lowest BCUT2D eigenvalue weighted by Crippen LogP contribution is -2.31. The highest BCUT2D eigenvalue weighted by molar-refractivity contribution is 5.20. The van der Waals surface area contributed by atoms with Gasteiger partial charge in [0.05, 0.1) is 0 Å². The molecule has 1 radical (unpaired) electrons. The van der Waals surface area contributed by atoms with Gasteiger partial charge in [0.15, 0.2) is 0 Å². The summed E-state index contributed by atoms with van der Waals surface area (Å²) in [4.78, 5) is 0. The average molecular weight is 225 g/mol. The third kappa shape index (κ3) is 4.62. The highest BCUT2D eigenvalue weighted by atomic mass is 19.4. The van der Waals surface area contributed by atoms with Crippen molar-refractivity contribution in [2.24, 2.45) is 0 Å². The zero-order valence-corrected chi connectivity index (χ0v) is 7.31. The molecule has 6 heteroatoms. The fourth-order valence-electron chi connectivity index (χ4n) is 0.882. The zero-order chi connectivity index (χ0) is 11.5. The molecule has 0 saturated heterocycles. The Morgan fingerprint density at radius 3 is 2.33 bits per heavy atom. The second-order valence-corrected chi connectivity index (χ2v) is 2.77. The maximum atomic E-state index is 12.6. The monoisotopic (exact) mass is 225 g/mol. The second kappa shape index (κ2) is 4.04. The van der Waals surface area contributed by atoms with E-state index in [-0.39, 0.29) is 5.75 Å². The summed E-state index contributed by atoms with van der Waals surface area (Å²) in [6.07, 6.45) is -11.5.